The van der Waals surface area contributed by atoms with E-state index in [9.17, 15) is 9.59 Å². The molecule has 2 amide bonds. The van der Waals surface area contributed by atoms with Crippen LogP contribution in [-0.2, 0) is 22.7 Å². The van der Waals surface area contributed by atoms with Crippen LogP contribution in [0.5, 0.6) is 17.2 Å². The van der Waals surface area contributed by atoms with Crippen molar-refractivity contribution in [1.29, 1.82) is 0 Å². The summed E-state index contributed by atoms with van der Waals surface area (Å²) in [5.41, 5.74) is 1.87. The van der Waals surface area contributed by atoms with Crippen molar-refractivity contribution in [3.63, 3.8) is 0 Å². The van der Waals surface area contributed by atoms with Crippen molar-refractivity contribution < 1.29 is 28.5 Å². The second-order valence-corrected chi connectivity index (χ2v) is 8.02. The summed E-state index contributed by atoms with van der Waals surface area (Å²) in [5, 5.41) is 2.63. The van der Waals surface area contributed by atoms with Gasteiger partial charge in [0.25, 0.3) is 0 Å². The van der Waals surface area contributed by atoms with Crippen LogP contribution in [0.3, 0.4) is 0 Å². The number of ether oxygens (including phenoxy) is 4. The second kappa shape index (κ2) is 12.1. The topological polar surface area (TPSA) is 89.6 Å². The fraction of sp³-hybridized carbons (Fsp3) is 0.440. The van der Waals surface area contributed by atoms with E-state index in [0.29, 0.717) is 50.0 Å². The summed E-state index contributed by atoms with van der Waals surface area (Å²) in [5.74, 6) is 1.70. The molecule has 0 saturated carbocycles. The average molecular weight is 472 g/mol. The first-order valence-corrected chi connectivity index (χ1v) is 11.2. The van der Waals surface area contributed by atoms with Gasteiger partial charge in [-0.2, -0.15) is 0 Å². The van der Waals surface area contributed by atoms with Gasteiger partial charge in [-0.25, -0.2) is 4.79 Å². The minimum absolute atomic E-state index is 0.125. The summed E-state index contributed by atoms with van der Waals surface area (Å²) < 4.78 is 21.6. The van der Waals surface area contributed by atoms with Crippen molar-refractivity contribution in [1.82, 2.24) is 15.1 Å². The van der Waals surface area contributed by atoms with Gasteiger partial charge in [0.1, 0.15) is 12.6 Å². The molecule has 1 fully saturated rings. The summed E-state index contributed by atoms with van der Waals surface area (Å²) >= 11 is 0. The van der Waals surface area contributed by atoms with Crippen molar-refractivity contribution >= 4 is 12.0 Å². The molecular formula is C25H33N3O6. The van der Waals surface area contributed by atoms with Crippen LogP contribution in [0.2, 0.25) is 0 Å². The standard InChI is InChI=1S/C25H33N3O6/c1-18(26-25(30)34-17-19-8-6-5-7-9-19)24(29)28-14-12-27(13-15-28)16-20-10-11-21(31-2)23(33-4)22(20)32-3/h5-11,18H,12-17H2,1-4H3,(H,26,30)/t18-/m1/s1. The van der Waals surface area contributed by atoms with E-state index in [2.05, 4.69) is 10.2 Å². The monoisotopic (exact) mass is 471 g/mol. The molecule has 0 aliphatic carbocycles. The highest BCUT2D eigenvalue weighted by Crippen LogP contribution is 2.40. The Morgan fingerprint density at radius 3 is 2.21 bits per heavy atom. The fourth-order valence-electron chi connectivity index (χ4n) is 3.93. The predicted molar refractivity (Wildman–Crippen MR) is 127 cm³/mol. The van der Waals surface area contributed by atoms with Crippen molar-refractivity contribution in [2.75, 3.05) is 47.5 Å². The number of methoxy groups -OCH3 is 3. The van der Waals surface area contributed by atoms with Crippen molar-refractivity contribution in [2.45, 2.75) is 26.1 Å². The first-order chi connectivity index (χ1) is 16.5. The van der Waals surface area contributed by atoms with Crippen LogP contribution in [0, 0.1) is 0 Å². The number of hydrogen-bond acceptors (Lipinski definition) is 7. The highest BCUT2D eigenvalue weighted by Gasteiger charge is 2.27. The Morgan fingerprint density at radius 1 is 0.912 bits per heavy atom. The molecule has 1 aliphatic heterocycles. The van der Waals surface area contributed by atoms with E-state index in [0.717, 1.165) is 11.1 Å². The van der Waals surface area contributed by atoms with Gasteiger partial charge < -0.3 is 29.2 Å². The molecule has 1 atom stereocenters. The normalized spacial score (nSPS) is 14.8. The third-order valence-electron chi connectivity index (χ3n) is 5.78. The number of amides is 2. The largest absolute Gasteiger partial charge is 0.493 e. The molecule has 0 unspecified atom stereocenters. The predicted octanol–water partition coefficient (Wildman–Crippen LogP) is 2.67. The Labute approximate surface area is 200 Å². The van der Waals surface area contributed by atoms with E-state index in [1.165, 1.54) is 0 Å². The molecule has 1 heterocycles. The van der Waals surface area contributed by atoms with Crippen LogP contribution in [0.25, 0.3) is 0 Å². The van der Waals surface area contributed by atoms with Crippen molar-refractivity contribution in [3.05, 3.63) is 53.6 Å². The zero-order chi connectivity index (χ0) is 24.5. The van der Waals surface area contributed by atoms with Gasteiger partial charge in [-0.05, 0) is 18.6 Å². The molecule has 0 spiro atoms. The van der Waals surface area contributed by atoms with Gasteiger partial charge in [0, 0.05) is 38.3 Å². The minimum Gasteiger partial charge on any atom is -0.493 e. The quantitative estimate of drug-likeness (QED) is 0.601. The number of nitrogens with zero attached hydrogens (tertiary/aromatic N) is 2. The van der Waals surface area contributed by atoms with Gasteiger partial charge >= 0.3 is 6.09 Å². The highest BCUT2D eigenvalue weighted by atomic mass is 16.5. The molecule has 34 heavy (non-hydrogen) atoms. The molecule has 0 bridgehead atoms. The van der Waals surface area contributed by atoms with Crippen LogP contribution < -0.4 is 19.5 Å². The summed E-state index contributed by atoms with van der Waals surface area (Å²) in [4.78, 5) is 28.9. The maximum Gasteiger partial charge on any atom is 0.408 e. The lowest BCUT2D eigenvalue weighted by atomic mass is 10.1. The molecule has 1 N–H and O–H groups in total. The number of rotatable bonds is 9. The van der Waals surface area contributed by atoms with Crippen LogP contribution in [0.15, 0.2) is 42.5 Å². The van der Waals surface area contributed by atoms with E-state index >= 15 is 0 Å². The van der Waals surface area contributed by atoms with Gasteiger partial charge in [0.2, 0.25) is 11.7 Å². The molecule has 184 valence electrons. The minimum atomic E-state index is -0.666. The number of carbonyl (C=O) groups is 2. The summed E-state index contributed by atoms with van der Waals surface area (Å²) in [7, 11) is 4.78. The number of carbonyl (C=O) groups excluding carboxylic acids is 2. The van der Waals surface area contributed by atoms with Crippen LogP contribution >= 0.6 is 0 Å². The molecular weight excluding hydrogens is 438 g/mol. The van der Waals surface area contributed by atoms with Crippen LogP contribution in [0.1, 0.15) is 18.1 Å². The molecule has 9 heteroatoms. The Kier molecular flexibility index (Phi) is 8.98. The number of benzene rings is 2. The lowest BCUT2D eigenvalue weighted by Crippen LogP contribution is -2.54. The molecule has 2 aromatic rings. The molecule has 1 aliphatic rings. The number of piperazine rings is 1. The second-order valence-electron chi connectivity index (χ2n) is 8.02. The van der Waals surface area contributed by atoms with Crippen molar-refractivity contribution in [2.24, 2.45) is 0 Å². The molecule has 0 radical (unpaired) electrons. The summed E-state index contributed by atoms with van der Waals surface area (Å²) in [6.45, 7) is 5.03. The van der Waals surface area contributed by atoms with E-state index < -0.39 is 12.1 Å². The maximum absolute atomic E-state index is 12.8. The van der Waals surface area contributed by atoms with E-state index in [4.69, 9.17) is 18.9 Å². The van der Waals surface area contributed by atoms with E-state index in [1.54, 1.807) is 33.2 Å². The zero-order valence-corrected chi connectivity index (χ0v) is 20.2. The Balaban J connectivity index is 1.48. The summed E-state index contributed by atoms with van der Waals surface area (Å²) in [6.07, 6.45) is -0.608. The van der Waals surface area contributed by atoms with E-state index in [-0.39, 0.29) is 12.5 Å². The SMILES string of the molecule is COc1ccc(CN2CCN(C(=O)[C@@H](C)NC(=O)OCc3ccccc3)CC2)c(OC)c1OC. The zero-order valence-electron chi connectivity index (χ0n) is 20.2. The highest BCUT2D eigenvalue weighted by molar-refractivity contribution is 5.85. The number of hydrogen-bond donors (Lipinski definition) is 1. The molecule has 1 saturated heterocycles. The van der Waals surface area contributed by atoms with Gasteiger partial charge in [0.05, 0.1) is 21.3 Å². The third kappa shape index (κ3) is 6.32. The van der Waals surface area contributed by atoms with Gasteiger partial charge in [-0.15, -0.1) is 0 Å². The lowest BCUT2D eigenvalue weighted by molar-refractivity contribution is -0.134. The van der Waals surface area contributed by atoms with Crippen LogP contribution in [0.4, 0.5) is 4.79 Å². The first-order valence-electron chi connectivity index (χ1n) is 11.2. The van der Waals surface area contributed by atoms with E-state index in [1.807, 2.05) is 42.5 Å². The molecule has 9 nitrogen and oxygen atoms in total. The van der Waals surface area contributed by atoms with Crippen molar-refractivity contribution in [3.8, 4) is 17.2 Å². The van der Waals surface area contributed by atoms with Crippen LogP contribution in [-0.4, -0.2) is 75.4 Å². The van der Waals surface area contributed by atoms with Gasteiger partial charge in [0.15, 0.2) is 11.5 Å². The number of nitrogens with one attached hydrogen (secondary N) is 1. The lowest BCUT2D eigenvalue weighted by Gasteiger charge is -2.36. The number of alkyl carbamates (subject to hydrolysis) is 1. The maximum atomic E-state index is 12.8. The molecule has 0 aromatic heterocycles. The van der Waals surface area contributed by atoms with Gasteiger partial charge in [-0.1, -0.05) is 36.4 Å². The Hall–Kier alpha value is -3.46. The fourth-order valence-corrected chi connectivity index (χ4v) is 3.93. The Bertz CT molecular complexity index is 961. The van der Waals surface area contributed by atoms with Gasteiger partial charge in [-0.3, -0.25) is 9.69 Å². The first kappa shape index (κ1) is 25.2. The summed E-state index contributed by atoms with van der Waals surface area (Å²) in [6, 6.07) is 12.6. The third-order valence-corrected chi connectivity index (χ3v) is 5.78. The average Bonchev–Trinajstić information content (AvgIpc) is 2.87. The smallest absolute Gasteiger partial charge is 0.408 e. The molecule has 3 rings (SSSR count). The molecule has 2 aromatic carbocycles. The Morgan fingerprint density at radius 2 is 1.59 bits per heavy atom.